The molecule has 2 aromatic rings. The molecule has 0 heterocycles. The van der Waals surface area contributed by atoms with Crippen molar-refractivity contribution >= 4 is 11.6 Å². The molecule has 108 valence electrons. The number of hydrogen-bond acceptors (Lipinski definition) is 2. The van der Waals surface area contributed by atoms with E-state index in [4.69, 9.17) is 5.73 Å². The summed E-state index contributed by atoms with van der Waals surface area (Å²) < 4.78 is 0. The minimum absolute atomic E-state index is 0.0834. The summed E-state index contributed by atoms with van der Waals surface area (Å²) in [6.45, 7) is 1.98. The molecule has 3 rings (SSSR count). The lowest BCUT2D eigenvalue weighted by Crippen LogP contribution is -2.36. The van der Waals surface area contributed by atoms with E-state index in [-0.39, 0.29) is 17.4 Å². The number of nitrogens with two attached hydrogens (primary N) is 1. The number of nitrogen functional groups attached to an aromatic ring is 1. The van der Waals surface area contributed by atoms with Gasteiger partial charge in [0.05, 0.1) is 11.5 Å². The van der Waals surface area contributed by atoms with Crippen LogP contribution >= 0.6 is 0 Å². The summed E-state index contributed by atoms with van der Waals surface area (Å²) in [5, 5.41) is 3.12. The molecule has 0 aliphatic heterocycles. The number of carbonyl (C=O) groups excluding carboxylic acids is 1. The van der Waals surface area contributed by atoms with Crippen LogP contribution in [0, 0.1) is 0 Å². The molecule has 1 amide bonds. The molecule has 1 saturated carbocycles. The van der Waals surface area contributed by atoms with E-state index in [1.165, 1.54) is 0 Å². The molecule has 1 fully saturated rings. The van der Waals surface area contributed by atoms with Gasteiger partial charge in [-0.2, -0.15) is 0 Å². The third-order valence-corrected chi connectivity index (χ3v) is 4.32. The first-order valence-corrected chi connectivity index (χ1v) is 7.34. The Hall–Kier alpha value is -2.29. The quantitative estimate of drug-likeness (QED) is 0.845. The Morgan fingerprint density at radius 1 is 1.10 bits per heavy atom. The second-order valence-corrected chi connectivity index (χ2v) is 5.77. The minimum Gasteiger partial charge on any atom is -0.398 e. The largest absolute Gasteiger partial charge is 0.398 e. The Labute approximate surface area is 125 Å². The first kappa shape index (κ1) is 13.7. The number of nitrogens with one attached hydrogen (secondary N) is 1. The van der Waals surface area contributed by atoms with Crippen LogP contribution < -0.4 is 11.1 Å². The number of anilines is 1. The summed E-state index contributed by atoms with van der Waals surface area (Å²) in [6, 6.07) is 17.6. The van der Waals surface area contributed by atoms with Crippen molar-refractivity contribution in [1.82, 2.24) is 5.32 Å². The predicted molar refractivity (Wildman–Crippen MR) is 84.8 cm³/mol. The van der Waals surface area contributed by atoms with Crippen molar-refractivity contribution in [1.29, 1.82) is 0 Å². The van der Waals surface area contributed by atoms with Crippen molar-refractivity contribution in [3.8, 4) is 0 Å². The van der Waals surface area contributed by atoms with Crippen LogP contribution in [0.15, 0.2) is 54.6 Å². The van der Waals surface area contributed by atoms with E-state index in [1.807, 2.05) is 61.5 Å². The van der Waals surface area contributed by atoms with E-state index in [0.29, 0.717) is 0 Å². The van der Waals surface area contributed by atoms with Crippen LogP contribution in [0.3, 0.4) is 0 Å². The van der Waals surface area contributed by atoms with E-state index in [0.717, 1.165) is 29.7 Å². The fourth-order valence-electron chi connectivity index (χ4n) is 2.85. The molecule has 0 bridgehead atoms. The van der Waals surface area contributed by atoms with E-state index >= 15 is 0 Å². The van der Waals surface area contributed by atoms with Crippen molar-refractivity contribution in [3.63, 3.8) is 0 Å². The Bertz CT molecular complexity index is 647. The number of rotatable bonds is 4. The Morgan fingerprint density at radius 2 is 1.71 bits per heavy atom. The van der Waals surface area contributed by atoms with Gasteiger partial charge >= 0.3 is 0 Å². The van der Waals surface area contributed by atoms with Crippen LogP contribution in [-0.2, 0) is 10.2 Å². The van der Waals surface area contributed by atoms with Crippen molar-refractivity contribution < 1.29 is 4.79 Å². The highest BCUT2D eigenvalue weighted by Gasteiger charge is 2.51. The van der Waals surface area contributed by atoms with Gasteiger partial charge in [-0.25, -0.2) is 0 Å². The van der Waals surface area contributed by atoms with Crippen molar-refractivity contribution in [2.45, 2.75) is 31.2 Å². The second kappa shape index (κ2) is 5.24. The predicted octanol–water partition coefficient (Wildman–Crippen LogP) is 3.18. The number of benzene rings is 2. The molecule has 2 aromatic carbocycles. The van der Waals surface area contributed by atoms with Gasteiger partial charge in [-0.05, 0) is 37.0 Å². The van der Waals surface area contributed by atoms with Crippen LogP contribution in [0.4, 0.5) is 5.69 Å². The highest BCUT2D eigenvalue weighted by molar-refractivity contribution is 5.91. The fraction of sp³-hybridized carbons (Fsp3) is 0.278. The van der Waals surface area contributed by atoms with Crippen molar-refractivity contribution in [2.75, 3.05) is 5.73 Å². The molecule has 0 radical (unpaired) electrons. The molecule has 1 aliphatic rings. The lowest BCUT2D eigenvalue weighted by Gasteiger charge is -2.21. The second-order valence-electron chi connectivity index (χ2n) is 5.77. The molecule has 3 N–H and O–H groups in total. The summed E-state index contributed by atoms with van der Waals surface area (Å²) in [5.41, 5.74) is 8.44. The molecule has 1 unspecified atom stereocenters. The molecule has 1 atom stereocenters. The molecule has 3 heteroatoms. The molecule has 1 aliphatic carbocycles. The van der Waals surface area contributed by atoms with Crippen LogP contribution in [-0.4, -0.2) is 5.91 Å². The average Bonchev–Trinajstić information content (AvgIpc) is 3.30. The number of carbonyl (C=O) groups is 1. The van der Waals surface area contributed by atoms with Gasteiger partial charge in [-0.1, -0.05) is 48.5 Å². The molecule has 0 saturated heterocycles. The lowest BCUT2D eigenvalue weighted by atomic mass is 9.94. The zero-order chi connectivity index (χ0) is 14.9. The van der Waals surface area contributed by atoms with Gasteiger partial charge in [0.15, 0.2) is 0 Å². The molecular weight excluding hydrogens is 260 g/mol. The summed E-state index contributed by atoms with van der Waals surface area (Å²) in [6.07, 6.45) is 1.83. The Kier molecular flexibility index (Phi) is 3.42. The van der Waals surface area contributed by atoms with Crippen molar-refractivity contribution in [3.05, 3.63) is 65.7 Å². The zero-order valence-electron chi connectivity index (χ0n) is 12.2. The number of amides is 1. The first-order chi connectivity index (χ1) is 10.1. The zero-order valence-corrected chi connectivity index (χ0v) is 12.2. The maximum absolute atomic E-state index is 12.7. The molecule has 3 nitrogen and oxygen atoms in total. The molecule has 0 spiro atoms. The summed E-state index contributed by atoms with van der Waals surface area (Å²) >= 11 is 0. The smallest absolute Gasteiger partial charge is 0.231 e. The fourth-order valence-corrected chi connectivity index (χ4v) is 2.85. The summed E-state index contributed by atoms with van der Waals surface area (Å²) in [4.78, 5) is 12.7. The summed E-state index contributed by atoms with van der Waals surface area (Å²) in [5.74, 6) is 0.101. The summed E-state index contributed by atoms with van der Waals surface area (Å²) in [7, 11) is 0. The monoisotopic (exact) mass is 280 g/mol. The Morgan fingerprint density at radius 3 is 2.33 bits per heavy atom. The van der Waals surface area contributed by atoms with Crippen LogP contribution in [0.1, 0.15) is 36.9 Å². The van der Waals surface area contributed by atoms with Crippen LogP contribution in [0.2, 0.25) is 0 Å². The number of hydrogen-bond donors (Lipinski definition) is 2. The average molecular weight is 280 g/mol. The van der Waals surface area contributed by atoms with Crippen molar-refractivity contribution in [2.24, 2.45) is 0 Å². The standard InChI is InChI=1S/C18H20N2O/c1-13(15-9-5-6-10-16(15)19)20-17(21)18(11-12-18)14-7-3-2-4-8-14/h2-10,13H,11-12,19H2,1H3,(H,20,21). The van der Waals surface area contributed by atoms with E-state index in [2.05, 4.69) is 5.32 Å². The maximum Gasteiger partial charge on any atom is 0.231 e. The van der Waals surface area contributed by atoms with E-state index in [9.17, 15) is 4.79 Å². The Balaban J connectivity index is 1.77. The van der Waals surface area contributed by atoms with Gasteiger partial charge in [-0.3, -0.25) is 4.79 Å². The lowest BCUT2D eigenvalue weighted by molar-refractivity contribution is -0.124. The minimum atomic E-state index is -0.334. The molecular formula is C18H20N2O. The van der Waals surface area contributed by atoms with Crippen LogP contribution in [0.25, 0.3) is 0 Å². The van der Waals surface area contributed by atoms with Gasteiger partial charge in [-0.15, -0.1) is 0 Å². The highest BCUT2D eigenvalue weighted by atomic mass is 16.2. The third kappa shape index (κ3) is 2.51. The van der Waals surface area contributed by atoms with Gasteiger partial charge in [0, 0.05) is 5.69 Å². The van der Waals surface area contributed by atoms with Gasteiger partial charge in [0.2, 0.25) is 5.91 Å². The van der Waals surface area contributed by atoms with Gasteiger partial charge < -0.3 is 11.1 Å². The topological polar surface area (TPSA) is 55.1 Å². The maximum atomic E-state index is 12.7. The third-order valence-electron chi connectivity index (χ3n) is 4.32. The van der Waals surface area contributed by atoms with Gasteiger partial charge in [0.1, 0.15) is 0 Å². The SMILES string of the molecule is CC(NC(=O)C1(c2ccccc2)CC1)c1ccccc1N. The molecule has 0 aromatic heterocycles. The van der Waals surface area contributed by atoms with E-state index in [1.54, 1.807) is 0 Å². The van der Waals surface area contributed by atoms with E-state index < -0.39 is 0 Å². The number of para-hydroxylation sites is 1. The normalized spacial score (nSPS) is 17.0. The highest BCUT2D eigenvalue weighted by Crippen LogP contribution is 2.48. The molecule has 21 heavy (non-hydrogen) atoms. The van der Waals surface area contributed by atoms with Crippen LogP contribution in [0.5, 0.6) is 0 Å². The first-order valence-electron chi connectivity index (χ1n) is 7.34. The van der Waals surface area contributed by atoms with Gasteiger partial charge in [0.25, 0.3) is 0 Å².